The maximum Gasteiger partial charge on any atom is 0.254 e. The van der Waals surface area contributed by atoms with Crippen molar-refractivity contribution in [1.29, 1.82) is 0 Å². The van der Waals surface area contributed by atoms with E-state index in [-0.39, 0.29) is 23.8 Å². The van der Waals surface area contributed by atoms with Gasteiger partial charge in [-0.3, -0.25) is 14.4 Å². The predicted molar refractivity (Wildman–Crippen MR) is 123 cm³/mol. The lowest BCUT2D eigenvalue weighted by molar-refractivity contribution is -0.142. The van der Waals surface area contributed by atoms with Crippen molar-refractivity contribution >= 4 is 29.3 Å². The van der Waals surface area contributed by atoms with E-state index in [1.807, 2.05) is 33.7 Å². The van der Waals surface area contributed by atoms with Gasteiger partial charge in [-0.15, -0.1) is 0 Å². The number of fused-ring (bicyclic) bond motifs is 1. The zero-order valence-electron chi connectivity index (χ0n) is 19.0. The topological polar surface area (TPSA) is 64.2 Å². The number of hydrogen-bond acceptors (Lipinski definition) is 4. The van der Waals surface area contributed by atoms with Crippen LogP contribution >= 0.6 is 11.6 Å². The van der Waals surface area contributed by atoms with Gasteiger partial charge in [0.1, 0.15) is 6.04 Å². The Morgan fingerprint density at radius 3 is 2.41 bits per heavy atom. The molecule has 1 aliphatic carbocycles. The van der Waals surface area contributed by atoms with Crippen molar-refractivity contribution < 1.29 is 14.4 Å². The fourth-order valence-corrected chi connectivity index (χ4v) is 5.69. The third kappa shape index (κ3) is 4.79. The van der Waals surface area contributed by atoms with Crippen molar-refractivity contribution in [2.75, 3.05) is 46.8 Å². The number of hydrogen-bond donors (Lipinski definition) is 0. The molecule has 4 rings (SSSR count). The Balaban J connectivity index is 1.49. The van der Waals surface area contributed by atoms with Gasteiger partial charge >= 0.3 is 0 Å². The van der Waals surface area contributed by atoms with Crippen LogP contribution in [0.3, 0.4) is 0 Å². The highest BCUT2D eigenvalue weighted by molar-refractivity contribution is 6.31. The molecule has 0 aromatic heterocycles. The van der Waals surface area contributed by atoms with Crippen molar-refractivity contribution in [2.45, 2.75) is 44.2 Å². The van der Waals surface area contributed by atoms with Crippen LogP contribution in [0.1, 0.15) is 42.5 Å². The van der Waals surface area contributed by atoms with E-state index in [4.69, 9.17) is 11.6 Å². The molecule has 3 atom stereocenters. The third-order valence-corrected chi connectivity index (χ3v) is 7.31. The molecular weight excluding hydrogens is 428 g/mol. The summed E-state index contributed by atoms with van der Waals surface area (Å²) in [5, 5.41) is 0.525. The molecule has 0 N–H and O–H groups in total. The average molecular weight is 461 g/mol. The fraction of sp³-hybridized carbons (Fsp3) is 0.625. The molecule has 2 aliphatic heterocycles. The normalized spacial score (nSPS) is 25.8. The minimum Gasteiger partial charge on any atom is -0.338 e. The zero-order valence-corrected chi connectivity index (χ0v) is 19.8. The van der Waals surface area contributed by atoms with Gasteiger partial charge in [0, 0.05) is 42.8 Å². The summed E-state index contributed by atoms with van der Waals surface area (Å²) in [6.45, 7) is 2.49. The Hall–Kier alpha value is -2.12. The van der Waals surface area contributed by atoms with Gasteiger partial charge in [-0.2, -0.15) is 0 Å². The van der Waals surface area contributed by atoms with Crippen LogP contribution in [0, 0.1) is 5.92 Å². The summed E-state index contributed by atoms with van der Waals surface area (Å²) in [6.07, 6.45) is 5.01. The van der Waals surface area contributed by atoms with Gasteiger partial charge in [0.15, 0.2) is 0 Å². The molecule has 1 saturated carbocycles. The molecule has 2 saturated heterocycles. The first-order valence-electron chi connectivity index (χ1n) is 11.6. The molecule has 7 nitrogen and oxygen atoms in total. The molecule has 1 aromatic rings. The van der Waals surface area contributed by atoms with Crippen LogP contribution in [-0.4, -0.2) is 96.2 Å². The minimum absolute atomic E-state index is 0.0227. The monoisotopic (exact) mass is 460 g/mol. The molecule has 32 heavy (non-hydrogen) atoms. The van der Waals surface area contributed by atoms with Gasteiger partial charge in [-0.05, 0) is 57.5 Å². The quantitative estimate of drug-likeness (QED) is 0.691. The molecule has 0 bridgehead atoms. The highest BCUT2D eigenvalue weighted by Gasteiger charge is 2.48. The molecule has 2 heterocycles. The summed E-state index contributed by atoms with van der Waals surface area (Å²) < 4.78 is 0. The summed E-state index contributed by atoms with van der Waals surface area (Å²) in [7, 11) is 3.76. The van der Waals surface area contributed by atoms with E-state index in [0.717, 1.165) is 32.1 Å². The van der Waals surface area contributed by atoms with Crippen LogP contribution in [0.4, 0.5) is 0 Å². The Morgan fingerprint density at radius 1 is 1.03 bits per heavy atom. The number of likely N-dealkylation sites (tertiary alicyclic amines) is 1. The third-order valence-electron chi connectivity index (χ3n) is 7.07. The molecule has 8 heteroatoms. The van der Waals surface area contributed by atoms with Gasteiger partial charge in [0.05, 0.1) is 6.54 Å². The lowest BCUT2D eigenvalue weighted by Gasteiger charge is -2.39. The Kier molecular flexibility index (Phi) is 7.05. The number of benzene rings is 1. The summed E-state index contributed by atoms with van der Waals surface area (Å²) in [5.41, 5.74) is 0.542. The second-order valence-electron chi connectivity index (χ2n) is 9.53. The lowest BCUT2D eigenvalue weighted by atomic mass is 9.84. The average Bonchev–Trinajstić information content (AvgIpc) is 3.17. The Bertz CT molecular complexity index is 869. The van der Waals surface area contributed by atoms with E-state index in [0.29, 0.717) is 49.2 Å². The number of amides is 3. The van der Waals surface area contributed by atoms with Crippen molar-refractivity contribution in [2.24, 2.45) is 5.92 Å². The molecule has 0 spiro atoms. The van der Waals surface area contributed by atoms with E-state index < -0.39 is 6.04 Å². The maximum absolute atomic E-state index is 13.6. The molecule has 3 amide bonds. The smallest absolute Gasteiger partial charge is 0.254 e. The number of nitrogens with zero attached hydrogens (tertiary/aromatic N) is 4. The first-order valence-corrected chi connectivity index (χ1v) is 12.0. The summed E-state index contributed by atoms with van der Waals surface area (Å²) in [5.74, 6) is 0.394. The van der Waals surface area contributed by atoms with Crippen molar-refractivity contribution in [3.63, 3.8) is 0 Å². The number of halogens is 1. The van der Waals surface area contributed by atoms with E-state index in [1.54, 1.807) is 24.3 Å². The molecule has 3 fully saturated rings. The predicted octanol–water partition coefficient (Wildman–Crippen LogP) is 2.35. The van der Waals surface area contributed by atoms with Gasteiger partial charge in [0.2, 0.25) is 11.8 Å². The maximum atomic E-state index is 13.6. The standard InChI is InChI=1S/C24H33ClN4O3/c1-26(2)16-22(30)27-10-12-28(13-11-27)24(32)21-15-17-6-3-4-9-20(17)29(21)23(31)18-7-5-8-19(25)14-18/h5,7-8,14,17,20-21H,3-4,6,9-13,15-16H2,1-2H3. The highest BCUT2D eigenvalue weighted by atomic mass is 35.5. The lowest BCUT2D eigenvalue weighted by Crippen LogP contribution is -2.57. The molecule has 3 unspecified atom stereocenters. The second-order valence-corrected chi connectivity index (χ2v) is 9.97. The van der Waals surface area contributed by atoms with Gasteiger partial charge in [-0.25, -0.2) is 0 Å². The van der Waals surface area contributed by atoms with Crippen LogP contribution < -0.4 is 0 Å². The van der Waals surface area contributed by atoms with Crippen LogP contribution in [0.5, 0.6) is 0 Å². The van der Waals surface area contributed by atoms with Crippen molar-refractivity contribution in [3.05, 3.63) is 34.9 Å². The minimum atomic E-state index is -0.432. The number of carbonyl (C=O) groups excluding carboxylic acids is 3. The van der Waals surface area contributed by atoms with Gasteiger partial charge in [0.25, 0.3) is 5.91 Å². The van der Waals surface area contributed by atoms with E-state index in [1.165, 1.54) is 0 Å². The summed E-state index contributed by atoms with van der Waals surface area (Å²) in [6, 6.07) is 6.69. The number of carbonyl (C=O) groups is 3. The highest BCUT2D eigenvalue weighted by Crippen LogP contribution is 2.41. The summed E-state index contributed by atoms with van der Waals surface area (Å²) >= 11 is 6.14. The van der Waals surface area contributed by atoms with Crippen LogP contribution in [0.25, 0.3) is 0 Å². The first kappa shape index (κ1) is 23.1. The van der Waals surface area contributed by atoms with Crippen molar-refractivity contribution in [1.82, 2.24) is 19.6 Å². The fourth-order valence-electron chi connectivity index (χ4n) is 5.50. The van der Waals surface area contributed by atoms with E-state index >= 15 is 0 Å². The number of piperazine rings is 1. The first-order chi connectivity index (χ1) is 15.3. The molecule has 3 aliphatic rings. The van der Waals surface area contributed by atoms with Crippen LogP contribution in [0.2, 0.25) is 5.02 Å². The molecule has 174 valence electrons. The number of likely N-dealkylation sites (N-methyl/N-ethyl adjacent to an activating group) is 1. The Morgan fingerprint density at radius 2 is 1.72 bits per heavy atom. The van der Waals surface area contributed by atoms with Crippen LogP contribution in [0.15, 0.2) is 24.3 Å². The SMILES string of the molecule is CN(C)CC(=O)N1CCN(C(=O)C2CC3CCCCC3N2C(=O)c2cccc(Cl)c2)CC1. The van der Waals surface area contributed by atoms with Crippen molar-refractivity contribution in [3.8, 4) is 0 Å². The molecule has 0 radical (unpaired) electrons. The van der Waals surface area contributed by atoms with Gasteiger partial charge < -0.3 is 19.6 Å². The zero-order chi connectivity index (χ0) is 22.8. The molecular formula is C24H33ClN4O3. The Labute approximate surface area is 195 Å². The van der Waals surface area contributed by atoms with Gasteiger partial charge in [-0.1, -0.05) is 30.5 Å². The second kappa shape index (κ2) is 9.79. The number of rotatable bonds is 4. The van der Waals surface area contributed by atoms with E-state index in [9.17, 15) is 14.4 Å². The van der Waals surface area contributed by atoms with Crippen LogP contribution in [-0.2, 0) is 9.59 Å². The largest absolute Gasteiger partial charge is 0.338 e. The summed E-state index contributed by atoms with van der Waals surface area (Å²) in [4.78, 5) is 46.9. The van der Waals surface area contributed by atoms with E-state index in [2.05, 4.69) is 0 Å². The molecule has 1 aromatic carbocycles.